The fourth-order valence-corrected chi connectivity index (χ4v) is 1.14. The Kier molecular flexibility index (Phi) is 1.85. The summed E-state index contributed by atoms with van der Waals surface area (Å²) in [5.74, 6) is -0.238. The second-order valence-electron chi connectivity index (χ2n) is 2.78. The van der Waals surface area contributed by atoms with Crippen molar-refractivity contribution in [3.8, 4) is 11.3 Å². The fourth-order valence-electron chi connectivity index (χ4n) is 1.14. The van der Waals surface area contributed by atoms with Crippen LogP contribution in [0.25, 0.3) is 11.3 Å². The number of nitrogens with zero attached hydrogens (tertiary/aromatic N) is 1. The summed E-state index contributed by atoms with van der Waals surface area (Å²) < 4.78 is 12.6. The van der Waals surface area contributed by atoms with E-state index in [0.717, 1.165) is 11.3 Å². The fraction of sp³-hybridized carbons (Fsp3) is 0. The summed E-state index contributed by atoms with van der Waals surface area (Å²) in [6.07, 6.45) is 0. The lowest BCUT2D eigenvalue weighted by Crippen LogP contribution is -1.78. The van der Waals surface area contributed by atoms with Gasteiger partial charge in [-0.25, -0.2) is 4.39 Å². The summed E-state index contributed by atoms with van der Waals surface area (Å²) >= 11 is 0. The van der Waals surface area contributed by atoms with Crippen molar-refractivity contribution in [2.75, 3.05) is 0 Å². The van der Waals surface area contributed by atoms with E-state index in [1.54, 1.807) is 12.1 Å². The number of aromatic nitrogens is 2. The first-order chi connectivity index (χ1) is 6.25. The molecule has 65 valence electrons. The van der Waals surface area contributed by atoms with Crippen LogP contribution in [0.15, 0.2) is 30.3 Å². The molecule has 1 aromatic heterocycles. The smallest absolute Gasteiger partial charge is 0.123 e. The minimum atomic E-state index is -0.238. The Morgan fingerprint density at radius 2 is 1.92 bits per heavy atom. The van der Waals surface area contributed by atoms with E-state index < -0.39 is 0 Å². The van der Waals surface area contributed by atoms with Crippen molar-refractivity contribution < 1.29 is 4.39 Å². The first-order valence-electron chi connectivity index (χ1n) is 3.89. The third-order valence-electron chi connectivity index (χ3n) is 1.79. The molecule has 0 aliphatic heterocycles. The second kappa shape index (κ2) is 3.01. The molecule has 0 saturated carbocycles. The van der Waals surface area contributed by atoms with Gasteiger partial charge < -0.3 is 0 Å². The number of H-pyrrole nitrogens is 1. The molecular formula is C10H8FN2. The van der Waals surface area contributed by atoms with E-state index in [1.165, 1.54) is 12.1 Å². The number of benzene rings is 1. The van der Waals surface area contributed by atoms with Crippen LogP contribution in [0.1, 0.15) is 5.69 Å². The number of halogens is 1. The summed E-state index contributed by atoms with van der Waals surface area (Å²) in [6.45, 7) is 3.67. The molecule has 0 aliphatic carbocycles. The van der Waals surface area contributed by atoms with Gasteiger partial charge in [0, 0.05) is 0 Å². The van der Waals surface area contributed by atoms with E-state index in [-0.39, 0.29) is 5.82 Å². The van der Waals surface area contributed by atoms with Gasteiger partial charge in [0.25, 0.3) is 0 Å². The van der Waals surface area contributed by atoms with Gasteiger partial charge in [0.15, 0.2) is 0 Å². The van der Waals surface area contributed by atoms with Gasteiger partial charge in [-0.3, -0.25) is 5.10 Å². The quantitative estimate of drug-likeness (QED) is 0.708. The highest BCUT2D eigenvalue weighted by molar-refractivity contribution is 5.59. The van der Waals surface area contributed by atoms with Gasteiger partial charge in [-0.15, -0.1) is 0 Å². The lowest BCUT2D eigenvalue weighted by Gasteiger charge is -1.95. The molecule has 0 bridgehead atoms. The topological polar surface area (TPSA) is 28.7 Å². The van der Waals surface area contributed by atoms with Crippen LogP contribution >= 0.6 is 0 Å². The lowest BCUT2D eigenvalue weighted by molar-refractivity contribution is 0.628. The van der Waals surface area contributed by atoms with Gasteiger partial charge >= 0.3 is 0 Å². The average molecular weight is 175 g/mol. The summed E-state index contributed by atoms with van der Waals surface area (Å²) in [6, 6.07) is 8.04. The van der Waals surface area contributed by atoms with Crippen molar-refractivity contribution in [2.45, 2.75) is 0 Å². The lowest BCUT2D eigenvalue weighted by atomic mass is 10.1. The first kappa shape index (κ1) is 7.98. The van der Waals surface area contributed by atoms with Crippen LogP contribution in [-0.4, -0.2) is 10.2 Å². The number of hydrogen-bond donors (Lipinski definition) is 1. The Balaban J connectivity index is 2.41. The predicted octanol–water partition coefficient (Wildman–Crippen LogP) is 2.40. The van der Waals surface area contributed by atoms with Gasteiger partial charge in [-0.1, -0.05) is 0 Å². The highest BCUT2D eigenvalue weighted by Crippen LogP contribution is 2.17. The summed E-state index contributed by atoms with van der Waals surface area (Å²) in [7, 11) is 0. The molecule has 0 saturated heterocycles. The van der Waals surface area contributed by atoms with Crippen molar-refractivity contribution in [3.63, 3.8) is 0 Å². The van der Waals surface area contributed by atoms with E-state index in [0.29, 0.717) is 5.69 Å². The molecule has 1 heterocycles. The van der Waals surface area contributed by atoms with Gasteiger partial charge in [0.1, 0.15) is 5.82 Å². The first-order valence-corrected chi connectivity index (χ1v) is 3.89. The largest absolute Gasteiger partial charge is 0.278 e. The maximum atomic E-state index is 12.6. The molecule has 2 aromatic rings. The van der Waals surface area contributed by atoms with Crippen LogP contribution in [0, 0.1) is 12.7 Å². The van der Waals surface area contributed by atoms with Crippen LogP contribution in [-0.2, 0) is 0 Å². The van der Waals surface area contributed by atoms with E-state index >= 15 is 0 Å². The predicted molar refractivity (Wildman–Crippen MR) is 48.4 cm³/mol. The van der Waals surface area contributed by atoms with Crippen LogP contribution < -0.4 is 0 Å². The van der Waals surface area contributed by atoms with Crippen LogP contribution in [0.3, 0.4) is 0 Å². The Hall–Kier alpha value is -1.64. The Morgan fingerprint density at radius 1 is 1.23 bits per heavy atom. The SMILES string of the molecule is [CH2]c1cc(-c2ccc(F)cc2)[nH]n1. The van der Waals surface area contributed by atoms with E-state index in [2.05, 4.69) is 17.1 Å². The van der Waals surface area contributed by atoms with Crippen molar-refractivity contribution in [1.82, 2.24) is 10.2 Å². The summed E-state index contributed by atoms with van der Waals surface area (Å²) in [5, 5.41) is 6.69. The molecule has 1 N–H and O–H groups in total. The molecule has 0 unspecified atom stereocenters. The minimum Gasteiger partial charge on any atom is -0.278 e. The number of nitrogens with one attached hydrogen (secondary N) is 1. The van der Waals surface area contributed by atoms with E-state index in [9.17, 15) is 4.39 Å². The number of rotatable bonds is 1. The van der Waals surface area contributed by atoms with Crippen molar-refractivity contribution in [3.05, 3.63) is 48.8 Å². The minimum absolute atomic E-state index is 0.238. The molecule has 1 radical (unpaired) electrons. The average Bonchev–Trinajstić information content (AvgIpc) is 2.53. The molecule has 0 aliphatic rings. The third-order valence-corrected chi connectivity index (χ3v) is 1.79. The van der Waals surface area contributed by atoms with Crippen molar-refractivity contribution in [1.29, 1.82) is 0 Å². The molecule has 0 atom stereocenters. The zero-order chi connectivity index (χ0) is 9.26. The molecule has 3 heteroatoms. The normalized spacial score (nSPS) is 10.3. The zero-order valence-electron chi connectivity index (χ0n) is 6.92. The molecular weight excluding hydrogens is 167 g/mol. The highest BCUT2D eigenvalue weighted by atomic mass is 19.1. The van der Waals surface area contributed by atoms with Gasteiger partial charge in [0.2, 0.25) is 0 Å². The van der Waals surface area contributed by atoms with Gasteiger partial charge in [-0.2, -0.15) is 5.10 Å². The Morgan fingerprint density at radius 3 is 2.46 bits per heavy atom. The zero-order valence-corrected chi connectivity index (χ0v) is 6.92. The molecule has 0 spiro atoms. The Bertz CT molecular complexity index is 403. The van der Waals surface area contributed by atoms with Gasteiger partial charge in [0.05, 0.1) is 11.4 Å². The summed E-state index contributed by atoms with van der Waals surface area (Å²) in [4.78, 5) is 0. The molecule has 0 fully saturated rings. The standard InChI is InChI=1S/C10H8FN2/c1-7-6-10(13-12-7)8-2-4-9(11)5-3-8/h2-6H,1H2,(H,12,13). The second-order valence-corrected chi connectivity index (χ2v) is 2.78. The number of aromatic amines is 1. The van der Waals surface area contributed by atoms with Crippen molar-refractivity contribution >= 4 is 0 Å². The van der Waals surface area contributed by atoms with Crippen LogP contribution in [0.4, 0.5) is 4.39 Å². The van der Waals surface area contributed by atoms with Crippen molar-refractivity contribution in [2.24, 2.45) is 0 Å². The third kappa shape index (κ3) is 1.59. The monoisotopic (exact) mass is 175 g/mol. The molecule has 2 rings (SSSR count). The van der Waals surface area contributed by atoms with Crippen LogP contribution in [0.5, 0.6) is 0 Å². The Labute approximate surface area is 75.4 Å². The highest BCUT2D eigenvalue weighted by Gasteiger charge is 2.00. The molecule has 13 heavy (non-hydrogen) atoms. The summed E-state index contributed by atoms with van der Waals surface area (Å²) in [5.41, 5.74) is 2.44. The molecule has 2 nitrogen and oxygen atoms in total. The number of hydrogen-bond acceptors (Lipinski definition) is 1. The molecule has 0 amide bonds. The van der Waals surface area contributed by atoms with Gasteiger partial charge in [-0.05, 0) is 42.8 Å². The van der Waals surface area contributed by atoms with E-state index in [4.69, 9.17) is 0 Å². The van der Waals surface area contributed by atoms with Crippen LogP contribution in [0.2, 0.25) is 0 Å². The molecule has 1 aromatic carbocycles. The maximum absolute atomic E-state index is 12.6. The maximum Gasteiger partial charge on any atom is 0.123 e. The van der Waals surface area contributed by atoms with E-state index in [1.807, 2.05) is 6.07 Å².